The number of aliphatic hydroxyl groups excluding tert-OH is 1. The molecule has 0 saturated carbocycles. The van der Waals surface area contributed by atoms with Gasteiger partial charge in [-0.3, -0.25) is 23.9 Å². The summed E-state index contributed by atoms with van der Waals surface area (Å²) in [6, 6.07) is 21.4. The lowest BCUT2D eigenvalue weighted by molar-refractivity contribution is -0.144. The highest BCUT2D eigenvalue weighted by Crippen LogP contribution is 2.39. The van der Waals surface area contributed by atoms with Gasteiger partial charge < -0.3 is 25.4 Å². The molecule has 3 aromatic heterocycles. The Bertz CT molecular complexity index is 2730. The number of benzene rings is 3. The third-order valence-corrected chi connectivity index (χ3v) is 14.3. The summed E-state index contributed by atoms with van der Waals surface area (Å²) in [5, 5.41) is 26.5. The minimum absolute atomic E-state index is 0.0184. The molecular formula is C49H54N8O5S2. The first kappa shape index (κ1) is 44.6. The first-order valence-electron chi connectivity index (χ1n) is 21.5. The van der Waals surface area contributed by atoms with Crippen molar-refractivity contribution in [3.63, 3.8) is 0 Å². The van der Waals surface area contributed by atoms with Crippen molar-refractivity contribution >= 4 is 46.1 Å². The molecule has 6 aromatic rings. The van der Waals surface area contributed by atoms with Crippen LogP contribution in [0.2, 0.25) is 0 Å². The Balaban J connectivity index is 0.887. The van der Waals surface area contributed by atoms with E-state index in [-0.39, 0.29) is 37.6 Å². The topological polar surface area (TPSA) is 164 Å². The van der Waals surface area contributed by atoms with Crippen LogP contribution < -0.4 is 15.4 Å². The number of fused-ring (bicyclic) bond motifs is 3. The van der Waals surface area contributed by atoms with Gasteiger partial charge in [0.25, 0.3) is 5.91 Å². The molecule has 2 aliphatic rings. The van der Waals surface area contributed by atoms with E-state index in [0.717, 1.165) is 66.3 Å². The highest BCUT2D eigenvalue weighted by Gasteiger charge is 2.45. The SMILES string of the molecule is Cc1ncsc1-c1ccc(C(C)NC(=O)[C@@H]2C[C@@H](O)CN2C(=O)C(NC(=O)COc2ccc(-c3ccc(C4=N[C@@H](C)c5nnc(C)n5-c5sc(C)c(C)c54)cc3)cc2)C(C)(C)C)cc1. The fraction of sp³-hybridized carbons (Fsp3) is 0.367. The van der Waals surface area contributed by atoms with Gasteiger partial charge in [-0.15, -0.1) is 32.9 Å². The van der Waals surface area contributed by atoms with Crippen LogP contribution in [0.25, 0.3) is 26.6 Å². The molecule has 0 aliphatic carbocycles. The average molecular weight is 899 g/mol. The number of nitrogens with zero attached hydrogens (tertiary/aromatic N) is 6. The molecule has 1 saturated heterocycles. The zero-order valence-electron chi connectivity index (χ0n) is 37.6. The van der Waals surface area contributed by atoms with E-state index in [0.29, 0.717) is 5.75 Å². The number of aliphatic hydroxyl groups is 1. The molecule has 332 valence electrons. The quantitative estimate of drug-likeness (QED) is 0.118. The van der Waals surface area contributed by atoms with E-state index in [1.165, 1.54) is 15.3 Å². The molecule has 5 atom stereocenters. The van der Waals surface area contributed by atoms with Gasteiger partial charge in [-0.1, -0.05) is 81.4 Å². The number of amides is 3. The number of hydrogen-bond acceptors (Lipinski definition) is 11. The van der Waals surface area contributed by atoms with E-state index in [9.17, 15) is 19.5 Å². The van der Waals surface area contributed by atoms with Gasteiger partial charge >= 0.3 is 0 Å². The van der Waals surface area contributed by atoms with Crippen molar-refractivity contribution in [1.82, 2.24) is 35.3 Å². The molecule has 64 heavy (non-hydrogen) atoms. The molecule has 15 heteroatoms. The number of aromatic nitrogens is 4. The minimum Gasteiger partial charge on any atom is -0.484 e. The Kier molecular flexibility index (Phi) is 12.4. The van der Waals surface area contributed by atoms with Crippen LogP contribution in [0.5, 0.6) is 5.75 Å². The average Bonchev–Trinajstić information content (AvgIpc) is 4.04. The lowest BCUT2D eigenvalue weighted by atomic mass is 9.85. The maximum absolute atomic E-state index is 14.2. The van der Waals surface area contributed by atoms with E-state index in [1.807, 2.05) is 95.6 Å². The van der Waals surface area contributed by atoms with Gasteiger partial charge in [-0.25, -0.2) is 4.98 Å². The lowest BCUT2D eigenvalue weighted by Crippen LogP contribution is -2.58. The maximum atomic E-state index is 14.2. The number of aryl methyl sites for hydroxylation is 3. The number of ether oxygens (including phenoxy) is 1. The van der Waals surface area contributed by atoms with Crippen molar-refractivity contribution < 1.29 is 24.2 Å². The first-order valence-corrected chi connectivity index (χ1v) is 23.2. The molecule has 3 amide bonds. The number of carbonyl (C=O) groups excluding carboxylic acids is 3. The molecule has 5 heterocycles. The Morgan fingerprint density at radius 2 is 1.53 bits per heavy atom. The molecule has 1 fully saturated rings. The number of carbonyl (C=O) groups is 3. The number of rotatable bonds is 11. The summed E-state index contributed by atoms with van der Waals surface area (Å²) < 4.78 is 8.04. The molecular weight excluding hydrogens is 845 g/mol. The number of hydrogen-bond donors (Lipinski definition) is 3. The zero-order valence-corrected chi connectivity index (χ0v) is 39.2. The van der Waals surface area contributed by atoms with Crippen molar-refractivity contribution in [3.8, 4) is 32.3 Å². The van der Waals surface area contributed by atoms with Gasteiger partial charge in [0, 0.05) is 29.0 Å². The molecule has 0 spiro atoms. The van der Waals surface area contributed by atoms with Crippen molar-refractivity contribution in [1.29, 1.82) is 0 Å². The third kappa shape index (κ3) is 8.88. The van der Waals surface area contributed by atoms with Crippen LogP contribution in [0.4, 0.5) is 0 Å². The van der Waals surface area contributed by atoms with Crippen LogP contribution in [0, 0.1) is 33.1 Å². The fourth-order valence-electron chi connectivity index (χ4n) is 8.41. The smallest absolute Gasteiger partial charge is 0.258 e. The standard InChI is InChI=1S/C49H54N8O5S2/c1-26-30(5)64-48-41(26)42(51-29(4)45-55-54-31(6)57(45)48)35-14-12-33(13-15-35)34-18-20-38(21-19-34)62-24-40(59)53-44(49(7,8)9)47(61)56-23-37(58)22-39(56)46(60)52-27(2)32-10-16-36(17-11-32)43-28(3)50-25-63-43/h10-21,25,27,29,37,39,44,58H,22-24H2,1-9H3,(H,52,60)(H,53,59)/t27?,29-,37+,39-,44?/m0/s1. The van der Waals surface area contributed by atoms with E-state index < -0.39 is 35.4 Å². The number of likely N-dealkylation sites (tertiary alicyclic amines) is 1. The number of nitrogens with one attached hydrogen (secondary N) is 2. The van der Waals surface area contributed by atoms with Crippen LogP contribution in [0.3, 0.4) is 0 Å². The number of thiophene rings is 1. The summed E-state index contributed by atoms with van der Waals surface area (Å²) in [7, 11) is 0. The normalized spacial score (nSPS) is 18.1. The van der Waals surface area contributed by atoms with Crippen LogP contribution in [-0.2, 0) is 14.4 Å². The number of β-amino-alcohol motifs (C(OH)–C–C–N with tert-alkyl or cyclic N) is 1. The molecule has 2 unspecified atom stereocenters. The van der Waals surface area contributed by atoms with Gasteiger partial charge in [0.05, 0.1) is 33.9 Å². The number of aliphatic imine (C=N–C) groups is 1. The second-order valence-electron chi connectivity index (χ2n) is 17.8. The Labute approximate surface area is 381 Å². The maximum Gasteiger partial charge on any atom is 0.258 e. The molecule has 0 radical (unpaired) electrons. The molecule has 3 N–H and O–H groups in total. The van der Waals surface area contributed by atoms with E-state index >= 15 is 0 Å². The monoisotopic (exact) mass is 898 g/mol. The Morgan fingerprint density at radius 3 is 2.17 bits per heavy atom. The number of thiazole rings is 1. The molecule has 3 aromatic carbocycles. The fourth-order valence-corrected chi connectivity index (χ4v) is 10.4. The summed E-state index contributed by atoms with van der Waals surface area (Å²) in [5.41, 5.74) is 10.3. The van der Waals surface area contributed by atoms with Gasteiger partial charge in [-0.05, 0) is 86.9 Å². The summed E-state index contributed by atoms with van der Waals surface area (Å²) in [6.07, 6.45) is -0.786. The highest BCUT2D eigenvalue weighted by molar-refractivity contribution is 7.15. The molecule has 13 nitrogen and oxygen atoms in total. The van der Waals surface area contributed by atoms with Crippen molar-refractivity contribution in [3.05, 3.63) is 123 Å². The predicted molar refractivity (Wildman–Crippen MR) is 251 cm³/mol. The largest absolute Gasteiger partial charge is 0.484 e. The summed E-state index contributed by atoms with van der Waals surface area (Å²) in [4.78, 5) is 54.5. The van der Waals surface area contributed by atoms with E-state index in [1.54, 1.807) is 22.7 Å². The van der Waals surface area contributed by atoms with Crippen LogP contribution in [0.1, 0.15) is 97.6 Å². The predicted octanol–water partition coefficient (Wildman–Crippen LogP) is 8.01. The Hall–Kier alpha value is -6.03. The first-order chi connectivity index (χ1) is 30.5. The van der Waals surface area contributed by atoms with Gasteiger partial charge in [0.2, 0.25) is 11.8 Å². The highest BCUT2D eigenvalue weighted by atomic mass is 32.1. The summed E-state index contributed by atoms with van der Waals surface area (Å²) >= 11 is 3.32. The van der Waals surface area contributed by atoms with E-state index in [4.69, 9.17) is 9.73 Å². The summed E-state index contributed by atoms with van der Waals surface area (Å²) in [6.45, 7) is 17.4. The second-order valence-corrected chi connectivity index (χ2v) is 19.9. The second kappa shape index (κ2) is 17.9. The van der Waals surface area contributed by atoms with Crippen molar-refractivity contribution in [2.24, 2.45) is 10.4 Å². The molecule has 8 rings (SSSR count). The van der Waals surface area contributed by atoms with E-state index in [2.05, 4.69) is 75.4 Å². The summed E-state index contributed by atoms with van der Waals surface area (Å²) in [5.74, 6) is 0.884. The minimum atomic E-state index is -0.981. The van der Waals surface area contributed by atoms with Gasteiger partial charge in [0.15, 0.2) is 12.4 Å². The van der Waals surface area contributed by atoms with Crippen LogP contribution in [0.15, 0.2) is 83.3 Å². The molecule has 2 aliphatic heterocycles. The van der Waals surface area contributed by atoms with Gasteiger partial charge in [0.1, 0.15) is 34.7 Å². The van der Waals surface area contributed by atoms with Crippen molar-refractivity contribution in [2.45, 2.75) is 99.0 Å². The van der Waals surface area contributed by atoms with Crippen LogP contribution >= 0.6 is 22.7 Å². The van der Waals surface area contributed by atoms with Gasteiger partial charge in [-0.2, -0.15) is 0 Å². The third-order valence-electron chi connectivity index (χ3n) is 12.1. The lowest BCUT2D eigenvalue weighted by Gasteiger charge is -2.35. The zero-order chi connectivity index (χ0) is 45.6. The molecule has 0 bridgehead atoms. The van der Waals surface area contributed by atoms with Crippen molar-refractivity contribution in [2.75, 3.05) is 13.2 Å². The van der Waals surface area contributed by atoms with Crippen LogP contribution in [-0.4, -0.2) is 84.5 Å². The Morgan fingerprint density at radius 1 is 0.891 bits per heavy atom.